The van der Waals surface area contributed by atoms with Crippen LogP contribution in [0.15, 0.2) is 48.5 Å². The van der Waals surface area contributed by atoms with E-state index in [9.17, 15) is 13.2 Å². The molecule has 1 N–H and O–H groups in total. The Labute approximate surface area is 156 Å². The maximum atomic E-state index is 13.2. The van der Waals surface area contributed by atoms with Crippen molar-refractivity contribution < 1.29 is 22.6 Å². The normalized spacial score (nSPS) is 27.4. The Morgan fingerprint density at radius 2 is 1.89 bits per heavy atom. The summed E-state index contributed by atoms with van der Waals surface area (Å²) in [5, 5.41) is 3.46. The number of rotatable bonds is 3. The molecule has 0 spiro atoms. The van der Waals surface area contributed by atoms with Crippen LogP contribution < -0.4 is 5.32 Å². The number of hydrogen-bond donors (Lipinski definition) is 1. The number of nitrogens with one attached hydrogen (secondary N) is 1. The molecule has 0 aliphatic carbocycles. The third kappa shape index (κ3) is 3.56. The molecule has 0 radical (unpaired) electrons. The molecule has 0 aromatic heterocycles. The van der Waals surface area contributed by atoms with E-state index in [1.54, 1.807) is 7.11 Å². The van der Waals surface area contributed by atoms with Gasteiger partial charge >= 0.3 is 6.18 Å². The highest BCUT2D eigenvalue weighted by atomic mass is 19.4. The second kappa shape index (κ2) is 7.17. The van der Waals surface area contributed by atoms with Crippen LogP contribution in [0.5, 0.6) is 0 Å². The quantitative estimate of drug-likeness (QED) is 0.782. The molecule has 1 saturated heterocycles. The van der Waals surface area contributed by atoms with Crippen LogP contribution in [0.1, 0.15) is 41.7 Å². The summed E-state index contributed by atoms with van der Waals surface area (Å²) in [5.41, 5.74) is 1.77. The summed E-state index contributed by atoms with van der Waals surface area (Å²) in [6.45, 7) is 0.445. The second-order valence-electron chi connectivity index (χ2n) is 7.21. The van der Waals surface area contributed by atoms with Gasteiger partial charge in [0.15, 0.2) is 0 Å². The van der Waals surface area contributed by atoms with E-state index < -0.39 is 11.7 Å². The van der Waals surface area contributed by atoms with Crippen LogP contribution >= 0.6 is 0 Å². The van der Waals surface area contributed by atoms with E-state index in [0.29, 0.717) is 17.9 Å². The van der Waals surface area contributed by atoms with Crippen LogP contribution in [0, 0.1) is 5.92 Å². The van der Waals surface area contributed by atoms with Crippen LogP contribution in [0.25, 0.3) is 0 Å². The Hall–Kier alpha value is -2.05. The molecule has 2 aliphatic heterocycles. The molecule has 3 nitrogen and oxygen atoms in total. The Bertz CT molecular complexity index is 794. The summed E-state index contributed by atoms with van der Waals surface area (Å²) in [6.07, 6.45) is -3.17. The summed E-state index contributed by atoms with van der Waals surface area (Å²) in [5.74, 6) is 0.0662. The summed E-state index contributed by atoms with van der Waals surface area (Å²) in [4.78, 5) is 0. The van der Waals surface area contributed by atoms with Crippen molar-refractivity contribution in [2.45, 2.75) is 37.3 Å². The number of anilines is 1. The monoisotopic (exact) mass is 377 g/mol. The first kappa shape index (κ1) is 18.3. The number of hydrogen-bond acceptors (Lipinski definition) is 3. The van der Waals surface area contributed by atoms with Gasteiger partial charge in [-0.25, -0.2) is 0 Å². The predicted molar refractivity (Wildman–Crippen MR) is 96.5 cm³/mol. The molecule has 2 aliphatic rings. The smallest absolute Gasteiger partial charge is 0.382 e. The third-order valence-corrected chi connectivity index (χ3v) is 5.49. The summed E-state index contributed by atoms with van der Waals surface area (Å²) < 4.78 is 51.2. The van der Waals surface area contributed by atoms with Gasteiger partial charge < -0.3 is 14.8 Å². The van der Waals surface area contributed by atoms with Gasteiger partial charge in [0.05, 0.1) is 30.4 Å². The van der Waals surface area contributed by atoms with Gasteiger partial charge in [0, 0.05) is 24.3 Å². The SMILES string of the molecule is COC[C@H]1CC[C@@H]2[C@H](O1)c1cc(C(F)(F)F)ccc1N[C@H]2c1ccccc1. The van der Waals surface area contributed by atoms with E-state index in [4.69, 9.17) is 9.47 Å². The van der Waals surface area contributed by atoms with E-state index >= 15 is 0 Å². The minimum absolute atomic E-state index is 0.00364. The van der Waals surface area contributed by atoms with Crippen molar-refractivity contribution >= 4 is 5.69 Å². The van der Waals surface area contributed by atoms with Gasteiger partial charge in [-0.05, 0) is 36.6 Å². The van der Waals surface area contributed by atoms with Gasteiger partial charge in [-0.2, -0.15) is 13.2 Å². The van der Waals surface area contributed by atoms with Crippen LogP contribution in [-0.2, 0) is 15.7 Å². The third-order valence-electron chi connectivity index (χ3n) is 5.49. The fourth-order valence-electron chi connectivity index (χ4n) is 4.23. The standard InChI is InChI=1S/C21H22F3NO2/c1-26-12-15-8-9-16-19(13-5-3-2-4-6-13)25-18-10-7-14(21(22,23)24)11-17(18)20(16)27-15/h2-7,10-11,15-16,19-20,25H,8-9,12H2,1H3/t15-,16+,19+,20+/m1/s1. The maximum Gasteiger partial charge on any atom is 0.416 e. The molecular weight excluding hydrogens is 355 g/mol. The van der Waals surface area contributed by atoms with Crippen LogP contribution in [0.3, 0.4) is 0 Å². The lowest BCUT2D eigenvalue weighted by Gasteiger charge is -2.45. The molecule has 4 atom stereocenters. The fraction of sp³-hybridized carbons (Fsp3) is 0.429. The molecule has 144 valence electrons. The lowest BCUT2D eigenvalue weighted by atomic mass is 9.76. The van der Waals surface area contributed by atoms with E-state index in [1.807, 2.05) is 30.3 Å². The molecule has 2 aromatic rings. The Morgan fingerprint density at radius 1 is 1.11 bits per heavy atom. The lowest BCUT2D eigenvalue weighted by Crippen LogP contribution is -2.40. The van der Waals surface area contributed by atoms with Gasteiger partial charge in [0.1, 0.15) is 0 Å². The fourth-order valence-corrected chi connectivity index (χ4v) is 4.23. The Balaban J connectivity index is 1.75. The predicted octanol–water partition coefficient (Wildman–Crippen LogP) is 5.35. The first-order chi connectivity index (χ1) is 13.0. The number of ether oxygens (including phenoxy) is 2. The Morgan fingerprint density at radius 3 is 2.59 bits per heavy atom. The summed E-state index contributed by atoms with van der Waals surface area (Å²) in [7, 11) is 1.61. The molecule has 0 saturated carbocycles. The van der Waals surface area contributed by atoms with E-state index in [0.717, 1.165) is 24.5 Å². The molecule has 0 unspecified atom stereocenters. The zero-order chi connectivity index (χ0) is 19.0. The largest absolute Gasteiger partial charge is 0.416 e. The highest BCUT2D eigenvalue weighted by molar-refractivity contribution is 5.58. The van der Waals surface area contributed by atoms with E-state index in [-0.39, 0.29) is 24.2 Å². The maximum absolute atomic E-state index is 13.2. The molecule has 27 heavy (non-hydrogen) atoms. The number of methoxy groups -OCH3 is 1. The Kier molecular flexibility index (Phi) is 4.86. The first-order valence-electron chi connectivity index (χ1n) is 9.14. The topological polar surface area (TPSA) is 30.5 Å². The van der Waals surface area contributed by atoms with Crippen LogP contribution in [0.2, 0.25) is 0 Å². The van der Waals surface area contributed by atoms with E-state index in [1.165, 1.54) is 12.1 Å². The average molecular weight is 377 g/mol. The number of fused-ring (bicyclic) bond motifs is 3. The van der Waals surface area contributed by atoms with Crippen molar-refractivity contribution in [2.75, 3.05) is 19.0 Å². The van der Waals surface area contributed by atoms with Crippen molar-refractivity contribution in [1.82, 2.24) is 0 Å². The van der Waals surface area contributed by atoms with Crippen molar-refractivity contribution in [1.29, 1.82) is 0 Å². The zero-order valence-electron chi connectivity index (χ0n) is 15.0. The van der Waals surface area contributed by atoms with Crippen molar-refractivity contribution in [2.24, 2.45) is 5.92 Å². The zero-order valence-corrected chi connectivity index (χ0v) is 15.0. The van der Waals surface area contributed by atoms with Gasteiger partial charge in [-0.15, -0.1) is 0 Å². The highest BCUT2D eigenvalue weighted by Crippen LogP contribution is 2.51. The van der Waals surface area contributed by atoms with Crippen molar-refractivity contribution in [3.8, 4) is 0 Å². The molecule has 6 heteroatoms. The first-order valence-corrected chi connectivity index (χ1v) is 9.14. The molecule has 2 heterocycles. The number of halogens is 3. The minimum Gasteiger partial charge on any atom is -0.382 e. The number of alkyl halides is 3. The average Bonchev–Trinajstić information content (AvgIpc) is 2.67. The van der Waals surface area contributed by atoms with Gasteiger partial charge in [0.25, 0.3) is 0 Å². The molecule has 2 aromatic carbocycles. The van der Waals surface area contributed by atoms with Crippen LogP contribution in [0.4, 0.5) is 18.9 Å². The second-order valence-corrected chi connectivity index (χ2v) is 7.21. The molecule has 1 fully saturated rings. The molecule has 4 rings (SSSR count). The van der Waals surface area contributed by atoms with Crippen molar-refractivity contribution in [3.63, 3.8) is 0 Å². The molecular formula is C21H22F3NO2. The van der Waals surface area contributed by atoms with Crippen LogP contribution in [-0.4, -0.2) is 19.8 Å². The number of benzene rings is 2. The molecule has 0 amide bonds. The van der Waals surface area contributed by atoms with Gasteiger partial charge in [-0.3, -0.25) is 0 Å². The summed E-state index contributed by atoms with van der Waals surface area (Å²) in [6, 6.07) is 13.9. The van der Waals surface area contributed by atoms with Gasteiger partial charge in [0.2, 0.25) is 0 Å². The van der Waals surface area contributed by atoms with Gasteiger partial charge in [-0.1, -0.05) is 30.3 Å². The minimum atomic E-state index is -4.37. The molecule has 0 bridgehead atoms. The lowest BCUT2D eigenvalue weighted by molar-refractivity contribution is -0.138. The summed E-state index contributed by atoms with van der Waals surface area (Å²) >= 11 is 0. The van der Waals surface area contributed by atoms with E-state index in [2.05, 4.69) is 5.32 Å². The highest BCUT2D eigenvalue weighted by Gasteiger charge is 2.43. The van der Waals surface area contributed by atoms with Crippen molar-refractivity contribution in [3.05, 3.63) is 65.2 Å².